The summed E-state index contributed by atoms with van der Waals surface area (Å²) in [6, 6.07) is 11.2. The van der Waals surface area contributed by atoms with E-state index in [1.165, 1.54) is 6.07 Å². The van der Waals surface area contributed by atoms with Crippen LogP contribution in [0.5, 0.6) is 0 Å². The van der Waals surface area contributed by atoms with Crippen LogP contribution in [-0.4, -0.2) is 38.1 Å². The highest BCUT2D eigenvalue weighted by atomic mass is 35.5. The summed E-state index contributed by atoms with van der Waals surface area (Å²) in [7, 11) is 0. The van der Waals surface area contributed by atoms with Crippen molar-refractivity contribution in [3.8, 4) is 0 Å². The molecule has 0 radical (unpaired) electrons. The number of aliphatic carboxylic acids is 1. The molecule has 3 rings (SSSR count). The van der Waals surface area contributed by atoms with Gasteiger partial charge in [-0.1, -0.05) is 30.3 Å². The van der Waals surface area contributed by atoms with Crippen LogP contribution >= 0.6 is 12.4 Å². The van der Waals surface area contributed by atoms with Gasteiger partial charge in [0, 0.05) is 18.7 Å². The normalized spacial score (nSPS) is 10.3. The monoisotopic (exact) mass is 376 g/mol. The van der Waals surface area contributed by atoms with Crippen molar-refractivity contribution in [3.05, 3.63) is 69.8 Å². The number of hydrogen-bond donors (Lipinski definition) is 3. The predicted molar refractivity (Wildman–Crippen MR) is 96.9 cm³/mol. The number of pyridine rings is 1. The van der Waals surface area contributed by atoms with Gasteiger partial charge in [-0.05, 0) is 12.0 Å². The van der Waals surface area contributed by atoms with Gasteiger partial charge in [-0.15, -0.1) is 12.4 Å². The van der Waals surface area contributed by atoms with Crippen LogP contribution in [-0.2, 0) is 17.6 Å². The molecule has 1 amide bonds. The van der Waals surface area contributed by atoms with E-state index < -0.39 is 23.9 Å². The highest BCUT2D eigenvalue weighted by molar-refractivity contribution is 6.00. The highest BCUT2D eigenvalue weighted by Gasteiger charge is 2.18. The van der Waals surface area contributed by atoms with E-state index >= 15 is 0 Å². The van der Waals surface area contributed by atoms with E-state index in [0.29, 0.717) is 12.2 Å². The molecule has 0 saturated heterocycles. The maximum Gasteiger partial charge on any atom is 0.322 e. The molecule has 136 valence electrons. The number of H-pyrrole nitrogens is 1. The van der Waals surface area contributed by atoms with Gasteiger partial charge < -0.3 is 10.4 Å². The molecule has 1 aromatic carbocycles. The van der Waals surface area contributed by atoms with E-state index in [0.717, 1.165) is 12.0 Å². The average Bonchev–Trinajstić information content (AvgIpc) is 3.01. The number of carboxylic acids is 1. The van der Waals surface area contributed by atoms with Crippen LogP contribution in [0.1, 0.15) is 21.7 Å². The van der Waals surface area contributed by atoms with Gasteiger partial charge in [-0.3, -0.25) is 23.9 Å². The summed E-state index contributed by atoms with van der Waals surface area (Å²) in [5.41, 5.74) is 0.751. The summed E-state index contributed by atoms with van der Waals surface area (Å²) in [6.07, 6.45) is 2.92. The molecule has 2 aromatic heterocycles. The van der Waals surface area contributed by atoms with Crippen LogP contribution in [0.25, 0.3) is 5.65 Å². The quantitative estimate of drug-likeness (QED) is 0.594. The lowest BCUT2D eigenvalue weighted by Crippen LogP contribution is -2.33. The van der Waals surface area contributed by atoms with Crippen molar-refractivity contribution in [3.63, 3.8) is 0 Å². The number of carboxylic acid groups (broad SMARTS) is 1. The number of carbonyl (C=O) groups excluding carboxylic acids is 1. The van der Waals surface area contributed by atoms with Gasteiger partial charge in [-0.25, -0.2) is 0 Å². The number of aryl methyl sites for hydroxylation is 2. The number of amides is 1. The third kappa shape index (κ3) is 4.09. The molecule has 3 N–H and O–H groups in total. The van der Waals surface area contributed by atoms with Gasteiger partial charge in [0.15, 0.2) is 5.43 Å². The van der Waals surface area contributed by atoms with Gasteiger partial charge in [-0.2, -0.15) is 5.10 Å². The topological polar surface area (TPSA) is 117 Å². The molecule has 0 bridgehead atoms. The number of nitrogens with zero attached hydrogens (tertiary/aromatic N) is 2. The zero-order valence-electron chi connectivity index (χ0n) is 13.6. The number of rotatable bonds is 6. The first kappa shape index (κ1) is 19.2. The summed E-state index contributed by atoms with van der Waals surface area (Å²) >= 11 is 0. The molecule has 26 heavy (non-hydrogen) atoms. The number of hydrogen-bond acceptors (Lipinski definition) is 4. The van der Waals surface area contributed by atoms with E-state index in [1.807, 2.05) is 30.3 Å². The number of halogens is 1. The van der Waals surface area contributed by atoms with Crippen molar-refractivity contribution in [1.29, 1.82) is 0 Å². The zero-order chi connectivity index (χ0) is 17.8. The van der Waals surface area contributed by atoms with Crippen LogP contribution < -0.4 is 10.7 Å². The molecule has 0 aliphatic heterocycles. The number of carbonyl (C=O) groups is 2. The first-order chi connectivity index (χ1) is 12.1. The molecule has 0 aliphatic rings. The minimum absolute atomic E-state index is 0. The first-order valence-corrected chi connectivity index (χ1v) is 7.69. The molecule has 9 heteroatoms. The Kier molecular flexibility index (Phi) is 6.13. The van der Waals surface area contributed by atoms with Crippen molar-refractivity contribution in [1.82, 2.24) is 19.9 Å². The number of aromatic amines is 1. The Morgan fingerprint density at radius 2 is 1.88 bits per heavy atom. The zero-order valence-corrected chi connectivity index (χ0v) is 14.5. The molecule has 0 atom stereocenters. The second-order valence-corrected chi connectivity index (χ2v) is 5.48. The third-order valence-electron chi connectivity index (χ3n) is 3.78. The molecule has 0 saturated carbocycles. The fourth-order valence-electron chi connectivity index (χ4n) is 2.57. The van der Waals surface area contributed by atoms with Crippen molar-refractivity contribution in [2.24, 2.45) is 0 Å². The van der Waals surface area contributed by atoms with Gasteiger partial charge in [0.25, 0.3) is 5.91 Å². The lowest BCUT2D eigenvalue weighted by atomic mass is 10.1. The molecular formula is C17H17ClN4O4. The van der Waals surface area contributed by atoms with Crippen LogP contribution in [0.15, 0.2) is 47.4 Å². The molecular weight excluding hydrogens is 360 g/mol. The molecule has 0 unspecified atom stereocenters. The summed E-state index contributed by atoms with van der Waals surface area (Å²) in [4.78, 5) is 34.8. The second-order valence-electron chi connectivity index (χ2n) is 5.48. The Hall–Kier alpha value is -3.13. The van der Waals surface area contributed by atoms with Crippen LogP contribution in [0, 0.1) is 0 Å². The van der Waals surface area contributed by atoms with Gasteiger partial charge in [0.1, 0.15) is 23.6 Å². The maximum atomic E-state index is 12.1. The summed E-state index contributed by atoms with van der Waals surface area (Å²) < 4.78 is 1.64. The lowest BCUT2D eigenvalue weighted by Gasteiger charge is -2.05. The molecule has 2 heterocycles. The SMILES string of the molecule is Cl.O=C(O)CNC(=O)c1c(=O)ccn2c(CCc3ccccc3)n[nH]c12. The van der Waals surface area contributed by atoms with Crippen molar-refractivity contribution < 1.29 is 14.7 Å². The van der Waals surface area contributed by atoms with Crippen molar-refractivity contribution >= 4 is 29.9 Å². The van der Waals surface area contributed by atoms with Crippen LogP contribution in [0.4, 0.5) is 0 Å². The minimum atomic E-state index is -1.19. The standard InChI is InChI=1S/C17H16N4O4.ClH/c22-12-8-9-21-13(7-6-11-4-2-1-3-5-11)19-20-16(21)15(12)17(25)18-10-14(23)24;/h1-5,8-9,20H,6-7,10H2,(H,18,25)(H,23,24);1H. The van der Waals surface area contributed by atoms with Gasteiger partial charge >= 0.3 is 5.97 Å². The Morgan fingerprint density at radius 3 is 2.58 bits per heavy atom. The average molecular weight is 377 g/mol. The number of aromatic nitrogens is 3. The van der Waals surface area contributed by atoms with E-state index in [9.17, 15) is 14.4 Å². The van der Waals surface area contributed by atoms with Crippen molar-refractivity contribution in [2.45, 2.75) is 12.8 Å². The second kappa shape index (κ2) is 8.30. The maximum absolute atomic E-state index is 12.1. The fourth-order valence-corrected chi connectivity index (χ4v) is 2.57. The molecule has 0 aliphatic carbocycles. The summed E-state index contributed by atoms with van der Waals surface area (Å²) in [5, 5.41) is 17.8. The number of benzene rings is 1. The summed E-state index contributed by atoms with van der Waals surface area (Å²) in [6.45, 7) is -0.561. The first-order valence-electron chi connectivity index (χ1n) is 7.69. The summed E-state index contributed by atoms with van der Waals surface area (Å²) in [5.74, 6) is -1.26. The van der Waals surface area contributed by atoms with Crippen molar-refractivity contribution in [2.75, 3.05) is 6.54 Å². The van der Waals surface area contributed by atoms with Crippen LogP contribution in [0.2, 0.25) is 0 Å². The molecule has 0 spiro atoms. The fraction of sp³-hybridized carbons (Fsp3) is 0.176. The van der Waals surface area contributed by atoms with E-state index in [-0.39, 0.29) is 23.6 Å². The van der Waals surface area contributed by atoms with Crippen LogP contribution in [0.3, 0.4) is 0 Å². The largest absolute Gasteiger partial charge is 0.480 e. The predicted octanol–water partition coefficient (Wildman–Crippen LogP) is 1.04. The van der Waals surface area contributed by atoms with Gasteiger partial charge in [0.05, 0.1) is 0 Å². The third-order valence-corrected chi connectivity index (χ3v) is 3.78. The molecule has 3 aromatic rings. The van der Waals surface area contributed by atoms with E-state index in [1.54, 1.807) is 10.6 Å². The minimum Gasteiger partial charge on any atom is -0.480 e. The smallest absolute Gasteiger partial charge is 0.322 e. The highest BCUT2D eigenvalue weighted by Crippen LogP contribution is 2.10. The number of fused-ring (bicyclic) bond motifs is 1. The Labute approximate surface area is 154 Å². The van der Waals surface area contributed by atoms with Gasteiger partial charge in [0.2, 0.25) is 0 Å². The Balaban J connectivity index is 0.00000243. The molecule has 8 nitrogen and oxygen atoms in total. The lowest BCUT2D eigenvalue weighted by molar-refractivity contribution is -0.135. The van der Waals surface area contributed by atoms with E-state index in [4.69, 9.17) is 5.11 Å². The van der Waals surface area contributed by atoms with E-state index in [2.05, 4.69) is 15.5 Å². The number of nitrogens with one attached hydrogen (secondary N) is 2. The molecule has 0 fully saturated rings. The Bertz CT molecular complexity index is 981. The Morgan fingerprint density at radius 1 is 1.15 bits per heavy atom.